The highest BCUT2D eigenvalue weighted by Crippen LogP contribution is 2.40. The van der Waals surface area contributed by atoms with E-state index in [2.05, 4.69) is 10.6 Å². The average molecular weight is 502 g/mol. The van der Waals surface area contributed by atoms with Gasteiger partial charge in [-0.25, -0.2) is 4.79 Å². The Bertz CT molecular complexity index is 1480. The van der Waals surface area contributed by atoms with Gasteiger partial charge in [-0.15, -0.1) is 0 Å². The van der Waals surface area contributed by atoms with Crippen LogP contribution in [0.2, 0.25) is 5.02 Å². The molecule has 1 aliphatic heterocycles. The van der Waals surface area contributed by atoms with Crippen molar-refractivity contribution in [3.05, 3.63) is 76.9 Å². The molecule has 36 heavy (non-hydrogen) atoms. The highest BCUT2D eigenvalue weighted by atomic mass is 35.5. The molecule has 5 rings (SSSR count). The minimum atomic E-state index is -0.402. The number of ether oxygens (including phenoxy) is 3. The molecule has 7 nitrogen and oxygen atoms in total. The zero-order valence-electron chi connectivity index (χ0n) is 20.0. The van der Waals surface area contributed by atoms with Gasteiger partial charge < -0.3 is 23.7 Å². The molecule has 3 aromatic carbocycles. The number of nitriles is 1. The molecule has 0 radical (unpaired) electrons. The number of halogens is 1. The van der Waals surface area contributed by atoms with E-state index in [1.807, 2.05) is 56.4 Å². The Morgan fingerprint density at radius 1 is 1.08 bits per heavy atom. The lowest BCUT2D eigenvalue weighted by Gasteiger charge is -2.20. The summed E-state index contributed by atoms with van der Waals surface area (Å²) in [5, 5.41) is 10.7. The van der Waals surface area contributed by atoms with Crippen LogP contribution < -0.4 is 14.2 Å². The van der Waals surface area contributed by atoms with E-state index in [9.17, 15) is 10.1 Å². The van der Waals surface area contributed by atoms with Crippen LogP contribution in [-0.4, -0.2) is 35.4 Å². The van der Waals surface area contributed by atoms with Gasteiger partial charge in [0.15, 0.2) is 11.5 Å². The first-order chi connectivity index (χ1) is 17.5. The monoisotopic (exact) mass is 501 g/mol. The van der Waals surface area contributed by atoms with Gasteiger partial charge in [0.25, 0.3) is 0 Å². The number of benzene rings is 3. The Labute approximate surface area is 214 Å². The first-order valence-corrected chi connectivity index (χ1v) is 12.1. The molecule has 0 atom stereocenters. The lowest BCUT2D eigenvalue weighted by molar-refractivity contribution is 0.157. The molecular weight excluding hydrogens is 478 g/mol. The number of nitrogens with zero attached hydrogens (tertiary/aromatic N) is 3. The van der Waals surface area contributed by atoms with Crippen LogP contribution in [0.1, 0.15) is 25.0 Å². The van der Waals surface area contributed by atoms with Gasteiger partial charge in [0.2, 0.25) is 6.79 Å². The Hall–Kier alpha value is -4.15. The van der Waals surface area contributed by atoms with E-state index in [-0.39, 0.29) is 6.79 Å². The fraction of sp³-hybridized carbons (Fsp3) is 0.214. The molecular formula is C28H24ClN3O4. The summed E-state index contributed by atoms with van der Waals surface area (Å²) in [5.74, 6) is 1.78. The van der Waals surface area contributed by atoms with Gasteiger partial charge in [-0.1, -0.05) is 23.7 Å². The summed E-state index contributed by atoms with van der Waals surface area (Å²) < 4.78 is 18.9. The third kappa shape index (κ3) is 4.32. The summed E-state index contributed by atoms with van der Waals surface area (Å²) in [6.45, 7) is 5.63. The van der Waals surface area contributed by atoms with Crippen molar-refractivity contribution < 1.29 is 19.0 Å². The van der Waals surface area contributed by atoms with Gasteiger partial charge in [0.05, 0.1) is 11.6 Å². The number of aromatic nitrogens is 1. The van der Waals surface area contributed by atoms with Crippen LogP contribution in [0.25, 0.3) is 22.0 Å². The molecule has 1 aromatic heterocycles. The second-order valence-corrected chi connectivity index (χ2v) is 8.75. The van der Waals surface area contributed by atoms with Crippen molar-refractivity contribution in [3.63, 3.8) is 0 Å². The van der Waals surface area contributed by atoms with Crippen molar-refractivity contribution in [2.75, 3.05) is 19.9 Å². The second-order valence-electron chi connectivity index (χ2n) is 8.34. The fourth-order valence-corrected chi connectivity index (χ4v) is 4.60. The number of rotatable bonds is 6. The predicted octanol–water partition coefficient (Wildman–Crippen LogP) is 6.45. The molecule has 182 valence electrons. The summed E-state index contributed by atoms with van der Waals surface area (Å²) in [6, 6.07) is 18.8. The molecule has 0 aliphatic carbocycles. The molecule has 8 heteroatoms. The third-order valence-electron chi connectivity index (χ3n) is 6.32. The number of amides is 1. The van der Waals surface area contributed by atoms with E-state index in [1.54, 1.807) is 23.1 Å². The molecule has 0 N–H and O–H groups in total. The van der Waals surface area contributed by atoms with E-state index in [4.69, 9.17) is 25.8 Å². The number of hydrogen-bond donors (Lipinski definition) is 0. The van der Waals surface area contributed by atoms with Crippen molar-refractivity contribution in [1.82, 2.24) is 9.47 Å². The summed E-state index contributed by atoms with van der Waals surface area (Å²) in [4.78, 5) is 14.4. The van der Waals surface area contributed by atoms with Crippen LogP contribution >= 0.6 is 11.6 Å². The highest BCUT2D eigenvalue weighted by Gasteiger charge is 2.21. The quantitative estimate of drug-likeness (QED) is 0.303. The molecule has 4 aromatic rings. The topological polar surface area (TPSA) is 76.7 Å². The fourth-order valence-electron chi connectivity index (χ4n) is 4.39. The summed E-state index contributed by atoms with van der Waals surface area (Å²) in [5.41, 5.74) is 4.04. The van der Waals surface area contributed by atoms with Gasteiger partial charge in [0.1, 0.15) is 5.75 Å². The maximum Gasteiger partial charge on any atom is 0.415 e. The van der Waals surface area contributed by atoms with Crippen molar-refractivity contribution in [1.29, 1.82) is 5.26 Å². The lowest BCUT2D eigenvalue weighted by Crippen LogP contribution is -2.33. The Kier molecular flexibility index (Phi) is 6.45. The number of carbonyl (C=O) groups excluding carboxylic acids is 1. The first kappa shape index (κ1) is 23.6. The standard InChI is InChI=1S/C28H24ClN3O4/c1-3-31(4-2)28(33)36-24-10-9-23-21(27(24)19-7-5-18(15-30)6-8-19)11-12-32(23)16-20-13-25-26(14-22(20)29)35-17-34-25/h5-14H,3-4,16-17H2,1-2H3. The number of fused-ring (bicyclic) bond motifs is 2. The van der Waals surface area contributed by atoms with Gasteiger partial charge in [-0.3, -0.25) is 0 Å². The van der Waals surface area contributed by atoms with Crippen molar-refractivity contribution in [3.8, 4) is 34.4 Å². The molecule has 0 saturated heterocycles. The summed E-state index contributed by atoms with van der Waals surface area (Å²) in [7, 11) is 0. The smallest absolute Gasteiger partial charge is 0.415 e. The Morgan fingerprint density at radius 3 is 2.50 bits per heavy atom. The zero-order valence-corrected chi connectivity index (χ0v) is 20.7. The van der Waals surface area contributed by atoms with Crippen molar-refractivity contribution >= 4 is 28.6 Å². The predicted molar refractivity (Wildman–Crippen MR) is 138 cm³/mol. The minimum absolute atomic E-state index is 0.185. The van der Waals surface area contributed by atoms with E-state index in [0.717, 1.165) is 27.6 Å². The van der Waals surface area contributed by atoms with Crippen molar-refractivity contribution in [2.45, 2.75) is 20.4 Å². The van der Waals surface area contributed by atoms with Gasteiger partial charge in [-0.2, -0.15) is 5.26 Å². The van der Waals surface area contributed by atoms with E-state index in [0.29, 0.717) is 47.5 Å². The molecule has 0 spiro atoms. The van der Waals surface area contributed by atoms with Crippen LogP contribution in [0.15, 0.2) is 60.8 Å². The summed E-state index contributed by atoms with van der Waals surface area (Å²) in [6.07, 6.45) is 1.58. The van der Waals surface area contributed by atoms with Crippen LogP contribution in [0.3, 0.4) is 0 Å². The summed E-state index contributed by atoms with van der Waals surface area (Å²) >= 11 is 6.53. The molecule has 1 amide bonds. The van der Waals surface area contributed by atoms with Crippen LogP contribution in [0, 0.1) is 11.3 Å². The normalized spacial score (nSPS) is 11.9. The highest BCUT2D eigenvalue weighted by molar-refractivity contribution is 6.31. The molecule has 2 heterocycles. The third-order valence-corrected chi connectivity index (χ3v) is 6.67. The SMILES string of the molecule is CCN(CC)C(=O)Oc1ccc2c(ccn2Cc2cc3c(cc2Cl)OCO3)c1-c1ccc(C#N)cc1. The van der Waals surface area contributed by atoms with Crippen LogP contribution in [0.4, 0.5) is 4.79 Å². The average Bonchev–Trinajstić information content (AvgIpc) is 3.51. The maximum atomic E-state index is 12.8. The van der Waals surface area contributed by atoms with Gasteiger partial charge in [-0.05, 0) is 61.4 Å². The van der Waals surface area contributed by atoms with Crippen molar-refractivity contribution in [2.24, 2.45) is 0 Å². The molecule has 0 fully saturated rings. The Morgan fingerprint density at radius 2 is 1.81 bits per heavy atom. The van der Waals surface area contributed by atoms with Crippen LogP contribution in [0.5, 0.6) is 17.2 Å². The van der Waals surface area contributed by atoms with E-state index in [1.165, 1.54) is 0 Å². The molecule has 0 saturated carbocycles. The van der Waals surface area contributed by atoms with E-state index >= 15 is 0 Å². The lowest BCUT2D eigenvalue weighted by atomic mass is 9.99. The second kappa shape index (κ2) is 9.84. The van der Waals surface area contributed by atoms with Crippen LogP contribution in [-0.2, 0) is 6.54 Å². The first-order valence-electron chi connectivity index (χ1n) is 11.7. The Balaban J connectivity index is 1.59. The maximum absolute atomic E-state index is 12.8. The number of hydrogen-bond acceptors (Lipinski definition) is 5. The molecule has 0 unspecified atom stereocenters. The van der Waals surface area contributed by atoms with Gasteiger partial charge >= 0.3 is 6.09 Å². The molecule has 1 aliphatic rings. The molecule has 0 bridgehead atoms. The van der Waals surface area contributed by atoms with E-state index < -0.39 is 6.09 Å². The zero-order chi connectivity index (χ0) is 25.2. The number of carbonyl (C=O) groups is 1. The minimum Gasteiger partial charge on any atom is -0.454 e. The van der Waals surface area contributed by atoms with Gasteiger partial charge in [0, 0.05) is 53.4 Å². The largest absolute Gasteiger partial charge is 0.454 e.